The number of hydrogen-bond acceptors (Lipinski definition) is 2. The number of benzene rings is 1. The van der Waals surface area contributed by atoms with Crippen LogP contribution in [0.15, 0.2) is 12.1 Å². The number of phenolic OH excluding ortho intramolecular Hbond substituents is 1. The molecule has 1 rings (SSSR count). The van der Waals surface area contributed by atoms with Crippen LogP contribution in [0.5, 0.6) is 5.75 Å². The molecule has 14 heavy (non-hydrogen) atoms. The average molecular weight is 187 g/mol. The summed E-state index contributed by atoms with van der Waals surface area (Å²) in [5, 5.41) is 18.1. The fraction of sp³-hybridized carbons (Fsp3) is 0.250. The molecule has 0 heterocycles. The molecule has 0 unspecified atom stereocenters. The smallest absolute Gasteiger partial charge is 0.121 e. The monoisotopic (exact) mass is 187 g/mol. The zero-order valence-corrected chi connectivity index (χ0v) is 8.63. The highest BCUT2D eigenvalue weighted by molar-refractivity contribution is 5.61. The molecule has 1 N–H and O–H groups in total. The molecule has 0 atom stereocenters. The number of aromatic hydroxyl groups is 1. The summed E-state index contributed by atoms with van der Waals surface area (Å²) in [6, 6.07) is 3.83. The van der Waals surface area contributed by atoms with Crippen LogP contribution in [0, 0.1) is 32.1 Å². The molecular formula is C12H13NO. The third-order valence-corrected chi connectivity index (χ3v) is 2.43. The minimum atomic E-state index is 0.344. The number of hydrogen-bond donors (Lipinski definition) is 1. The topological polar surface area (TPSA) is 44.0 Å². The average Bonchev–Trinajstić information content (AvgIpc) is 2.18. The van der Waals surface area contributed by atoms with Crippen LogP contribution in [0.3, 0.4) is 0 Å². The molecule has 2 nitrogen and oxygen atoms in total. The minimum Gasteiger partial charge on any atom is -0.507 e. The maximum absolute atomic E-state index is 9.65. The first kappa shape index (κ1) is 10.3. The Morgan fingerprint density at radius 2 is 1.93 bits per heavy atom. The van der Waals surface area contributed by atoms with E-state index >= 15 is 0 Å². The molecule has 0 saturated heterocycles. The van der Waals surface area contributed by atoms with Crippen LogP contribution in [-0.2, 0) is 0 Å². The first-order chi connectivity index (χ1) is 6.57. The Morgan fingerprint density at radius 1 is 1.29 bits per heavy atom. The second kappa shape index (κ2) is 3.97. The van der Waals surface area contributed by atoms with Gasteiger partial charge in [-0.1, -0.05) is 0 Å². The first-order valence-corrected chi connectivity index (χ1v) is 4.44. The van der Waals surface area contributed by atoms with E-state index in [9.17, 15) is 5.11 Å². The maximum atomic E-state index is 9.65. The Kier molecular flexibility index (Phi) is 2.93. The van der Waals surface area contributed by atoms with Crippen molar-refractivity contribution in [1.29, 1.82) is 5.26 Å². The number of aryl methyl sites for hydroxylation is 1. The molecule has 1 aromatic carbocycles. The van der Waals surface area contributed by atoms with Gasteiger partial charge in [-0.25, -0.2) is 0 Å². The fourth-order valence-corrected chi connectivity index (χ4v) is 1.40. The van der Waals surface area contributed by atoms with E-state index in [4.69, 9.17) is 5.26 Å². The highest BCUT2D eigenvalue weighted by atomic mass is 16.3. The maximum Gasteiger partial charge on any atom is 0.121 e. The summed E-state index contributed by atoms with van der Waals surface area (Å²) in [5.41, 5.74) is 3.72. The van der Waals surface area contributed by atoms with Gasteiger partial charge in [0.25, 0.3) is 0 Å². The number of phenols is 1. The van der Waals surface area contributed by atoms with Crippen molar-refractivity contribution in [3.63, 3.8) is 0 Å². The molecule has 0 aromatic heterocycles. The quantitative estimate of drug-likeness (QED) is 0.687. The Bertz CT molecular complexity index is 425. The fourth-order valence-electron chi connectivity index (χ4n) is 1.40. The summed E-state index contributed by atoms with van der Waals surface area (Å²) in [6.07, 6.45) is 3.20. The summed E-state index contributed by atoms with van der Waals surface area (Å²) in [5.74, 6) is 0.344. The van der Waals surface area contributed by atoms with Gasteiger partial charge in [-0.2, -0.15) is 5.26 Å². The van der Waals surface area contributed by atoms with E-state index in [0.717, 1.165) is 22.3 Å². The summed E-state index contributed by atoms with van der Waals surface area (Å²) in [4.78, 5) is 0. The second-order valence-electron chi connectivity index (χ2n) is 3.34. The lowest BCUT2D eigenvalue weighted by Crippen LogP contribution is -1.89. The number of nitriles is 1. The van der Waals surface area contributed by atoms with Gasteiger partial charge in [0, 0.05) is 6.08 Å². The van der Waals surface area contributed by atoms with Crippen LogP contribution in [0.25, 0.3) is 6.08 Å². The SMILES string of the molecule is Cc1cc(/C=C/C#N)c(C)c(C)c1O. The highest BCUT2D eigenvalue weighted by Crippen LogP contribution is 2.27. The zero-order valence-electron chi connectivity index (χ0n) is 8.63. The normalized spacial score (nSPS) is 10.4. The van der Waals surface area contributed by atoms with Crippen molar-refractivity contribution in [2.75, 3.05) is 0 Å². The molecule has 2 heteroatoms. The second-order valence-corrected chi connectivity index (χ2v) is 3.34. The van der Waals surface area contributed by atoms with Crippen LogP contribution in [-0.4, -0.2) is 5.11 Å². The van der Waals surface area contributed by atoms with E-state index in [0.29, 0.717) is 5.75 Å². The minimum absolute atomic E-state index is 0.344. The van der Waals surface area contributed by atoms with Gasteiger partial charge in [0.1, 0.15) is 5.75 Å². The highest BCUT2D eigenvalue weighted by Gasteiger charge is 2.06. The molecule has 0 amide bonds. The van der Waals surface area contributed by atoms with Crippen LogP contribution in [0.4, 0.5) is 0 Å². The summed E-state index contributed by atoms with van der Waals surface area (Å²) in [6.45, 7) is 5.67. The van der Waals surface area contributed by atoms with E-state index in [1.165, 1.54) is 6.08 Å². The van der Waals surface area contributed by atoms with Gasteiger partial charge < -0.3 is 5.11 Å². The molecule has 0 fully saturated rings. The summed E-state index contributed by atoms with van der Waals surface area (Å²) >= 11 is 0. The van der Waals surface area contributed by atoms with Crippen molar-refractivity contribution in [3.05, 3.63) is 34.4 Å². The van der Waals surface area contributed by atoms with E-state index < -0.39 is 0 Å². The Hall–Kier alpha value is -1.75. The van der Waals surface area contributed by atoms with Crippen molar-refractivity contribution >= 4 is 6.08 Å². The molecule has 0 aliphatic carbocycles. The van der Waals surface area contributed by atoms with E-state index in [1.54, 1.807) is 6.08 Å². The molecule has 72 valence electrons. The molecule has 0 aliphatic heterocycles. The van der Waals surface area contributed by atoms with Crippen LogP contribution < -0.4 is 0 Å². The van der Waals surface area contributed by atoms with Crippen LogP contribution >= 0.6 is 0 Å². The number of rotatable bonds is 1. The predicted octanol–water partition coefficient (Wildman–Crippen LogP) is 2.85. The van der Waals surface area contributed by atoms with Crippen molar-refractivity contribution in [3.8, 4) is 11.8 Å². The molecule has 0 saturated carbocycles. The van der Waals surface area contributed by atoms with Gasteiger partial charge in [-0.15, -0.1) is 0 Å². The molecule has 0 aliphatic rings. The molecule has 0 spiro atoms. The molecular weight excluding hydrogens is 174 g/mol. The Balaban J connectivity index is 3.35. The first-order valence-electron chi connectivity index (χ1n) is 4.44. The lowest BCUT2D eigenvalue weighted by atomic mass is 9.98. The largest absolute Gasteiger partial charge is 0.507 e. The summed E-state index contributed by atoms with van der Waals surface area (Å²) < 4.78 is 0. The van der Waals surface area contributed by atoms with Gasteiger partial charge >= 0.3 is 0 Å². The van der Waals surface area contributed by atoms with Gasteiger partial charge in [0.2, 0.25) is 0 Å². The van der Waals surface area contributed by atoms with E-state index in [2.05, 4.69) is 0 Å². The third kappa shape index (κ3) is 1.77. The Labute approximate surface area is 84.1 Å². The van der Waals surface area contributed by atoms with Crippen LogP contribution in [0.2, 0.25) is 0 Å². The van der Waals surface area contributed by atoms with Crippen molar-refractivity contribution in [2.24, 2.45) is 0 Å². The molecule has 1 aromatic rings. The van der Waals surface area contributed by atoms with Gasteiger partial charge in [-0.3, -0.25) is 0 Å². The van der Waals surface area contributed by atoms with Gasteiger partial charge in [-0.05, 0) is 55.2 Å². The van der Waals surface area contributed by atoms with Crippen molar-refractivity contribution in [1.82, 2.24) is 0 Å². The Morgan fingerprint density at radius 3 is 2.50 bits per heavy atom. The van der Waals surface area contributed by atoms with E-state index in [1.807, 2.05) is 32.9 Å². The molecule has 0 bridgehead atoms. The zero-order chi connectivity index (χ0) is 10.7. The number of nitrogens with zero attached hydrogens (tertiary/aromatic N) is 1. The molecule has 0 radical (unpaired) electrons. The third-order valence-electron chi connectivity index (χ3n) is 2.43. The lowest BCUT2D eigenvalue weighted by Gasteiger charge is -2.09. The van der Waals surface area contributed by atoms with E-state index in [-0.39, 0.29) is 0 Å². The van der Waals surface area contributed by atoms with Crippen molar-refractivity contribution < 1.29 is 5.11 Å². The summed E-state index contributed by atoms with van der Waals surface area (Å²) in [7, 11) is 0. The van der Waals surface area contributed by atoms with Gasteiger partial charge in [0.05, 0.1) is 6.07 Å². The number of allylic oxidation sites excluding steroid dienone is 1. The lowest BCUT2D eigenvalue weighted by molar-refractivity contribution is 0.466. The van der Waals surface area contributed by atoms with Gasteiger partial charge in [0.15, 0.2) is 0 Å². The predicted molar refractivity (Wildman–Crippen MR) is 57.0 cm³/mol. The standard InChI is InChI=1S/C12H13NO/c1-8-7-11(5-4-6-13)9(2)10(3)12(8)14/h4-5,7,14H,1-3H3/b5-4+. The van der Waals surface area contributed by atoms with Crippen molar-refractivity contribution in [2.45, 2.75) is 20.8 Å². The van der Waals surface area contributed by atoms with Crippen LogP contribution in [0.1, 0.15) is 22.3 Å².